The maximum absolute atomic E-state index is 12.8. The molecule has 350 valence electrons. The van der Waals surface area contributed by atoms with Crippen molar-refractivity contribution in [3.63, 3.8) is 0 Å². The van der Waals surface area contributed by atoms with Gasteiger partial charge in [0.1, 0.15) is 13.2 Å². The van der Waals surface area contributed by atoms with Crippen molar-refractivity contribution < 1.29 is 28.6 Å². The molecule has 0 aromatic heterocycles. The van der Waals surface area contributed by atoms with E-state index in [9.17, 15) is 14.4 Å². The number of ether oxygens (including phenoxy) is 3. The van der Waals surface area contributed by atoms with Crippen LogP contribution in [0.4, 0.5) is 0 Å². The van der Waals surface area contributed by atoms with Crippen molar-refractivity contribution in [3.05, 3.63) is 0 Å². The van der Waals surface area contributed by atoms with Gasteiger partial charge >= 0.3 is 17.9 Å². The van der Waals surface area contributed by atoms with Crippen LogP contribution < -0.4 is 0 Å². The first-order valence-electron chi connectivity index (χ1n) is 26.2. The molecule has 59 heavy (non-hydrogen) atoms. The molecule has 0 aliphatic heterocycles. The van der Waals surface area contributed by atoms with E-state index in [1.54, 1.807) is 0 Å². The summed E-state index contributed by atoms with van der Waals surface area (Å²) in [6.07, 6.45) is 46.6. The molecule has 0 amide bonds. The molecule has 0 bridgehead atoms. The molecule has 0 aromatic carbocycles. The number of hydrogen-bond acceptors (Lipinski definition) is 6. The summed E-state index contributed by atoms with van der Waals surface area (Å²) in [6.45, 7) is 11.4. The van der Waals surface area contributed by atoms with Crippen LogP contribution in [0.25, 0.3) is 0 Å². The SMILES string of the molecule is CCCCCCCCCCCCCCCC(=O)O[C@@H](COC(=O)CCCCCCCCCCCCCCC(C)C)COC(=O)CCCCCCCCCCCCC(C)C. The lowest BCUT2D eigenvalue weighted by Crippen LogP contribution is -2.30. The summed E-state index contributed by atoms with van der Waals surface area (Å²) in [7, 11) is 0. The molecular formula is C53H102O6. The van der Waals surface area contributed by atoms with Crippen LogP contribution in [0.2, 0.25) is 0 Å². The van der Waals surface area contributed by atoms with E-state index in [1.165, 1.54) is 180 Å². The fraction of sp³-hybridized carbons (Fsp3) is 0.943. The van der Waals surface area contributed by atoms with E-state index in [-0.39, 0.29) is 31.1 Å². The van der Waals surface area contributed by atoms with Crippen molar-refractivity contribution in [1.82, 2.24) is 0 Å². The highest BCUT2D eigenvalue weighted by molar-refractivity contribution is 5.71. The number of carbonyl (C=O) groups excluding carboxylic acids is 3. The minimum absolute atomic E-state index is 0.0636. The standard InChI is InChI=1S/C53H102O6/c1-6-7-8-9-10-11-12-13-18-25-30-35-40-45-53(56)59-50(47-58-52(55)44-39-34-29-24-20-19-22-27-32-37-42-49(4)5)46-57-51(54)43-38-33-28-23-17-15-14-16-21-26-31-36-41-48(2)3/h48-50H,6-47H2,1-5H3/t50-/m0/s1. The fourth-order valence-corrected chi connectivity index (χ4v) is 7.99. The number of carbonyl (C=O) groups is 3. The van der Waals surface area contributed by atoms with Gasteiger partial charge in [-0.15, -0.1) is 0 Å². The maximum Gasteiger partial charge on any atom is 0.306 e. The molecule has 0 heterocycles. The molecule has 0 unspecified atom stereocenters. The Morgan fingerprint density at radius 2 is 0.559 bits per heavy atom. The molecule has 0 saturated carbocycles. The van der Waals surface area contributed by atoms with Crippen LogP contribution in [0.15, 0.2) is 0 Å². The van der Waals surface area contributed by atoms with E-state index in [0.717, 1.165) is 69.6 Å². The van der Waals surface area contributed by atoms with Crippen LogP contribution >= 0.6 is 0 Å². The van der Waals surface area contributed by atoms with E-state index in [4.69, 9.17) is 14.2 Å². The Kier molecular flexibility index (Phi) is 44.7. The third kappa shape index (κ3) is 47.3. The molecule has 0 aromatic rings. The van der Waals surface area contributed by atoms with Crippen LogP contribution in [-0.2, 0) is 28.6 Å². The molecule has 1 atom stereocenters. The minimum atomic E-state index is -0.761. The fourth-order valence-electron chi connectivity index (χ4n) is 7.99. The predicted octanol–water partition coefficient (Wildman–Crippen LogP) is 16.9. The molecule has 0 radical (unpaired) electrons. The molecule has 6 nitrogen and oxygen atoms in total. The lowest BCUT2D eigenvalue weighted by atomic mass is 10.0. The van der Waals surface area contributed by atoms with E-state index in [0.29, 0.717) is 19.3 Å². The first kappa shape index (κ1) is 57.4. The summed E-state index contributed by atoms with van der Waals surface area (Å²) in [5.74, 6) is 0.805. The maximum atomic E-state index is 12.8. The number of esters is 3. The zero-order valence-corrected chi connectivity index (χ0v) is 40.4. The number of rotatable bonds is 47. The third-order valence-corrected chi connectivity index (χ3v) is 12.0. The molecule has 6 heteroatoms. The molecule has 0 aliphatic rings. The van der Waals surface area contributed by atoms with Crippen molar-refractivity contribution in [2.45, 2.75) is 298 Å². The van der Waals surface area contributed by atoms with Gasteiger partial charge in [-0.3, -0.25) is 14.4 Å². The Morgan fingerprint density at radius 1 is 0.322 bits per heavy atom. The van der Waals surface area contributed by atoms with Crippen LogP contribution in [0.1, 0.15) is 291 Å². The Labute approximate surface area is 368 Å². The van der Waals surface area contributed by atoms with Crippen LogP contribution in [0.3, 0.4) is 0 Å². The van der Waals surface area contributed by atoms with Crippen molar-refractivity contribution in [1.29, 1.82) is 0 Å². The quantitative estimate of drug-likeness (QED) is 0.0345. The summed E-state index contributed by atoms with van der Waals surface area (Å²) in [6, 6.07) is 0. The van der Waals surface area contributed by atoms with Crippen molar-refractivity contribution >= 4 is 17.9 Å². The summed E-state index contributed by atoms with van der Waals surface area (Å²) < 4.78 is 16.8. The molecule has 0 N–H and O–H groups in total. The van der Waals surface area contributed by atoms with Gasteiger partial charge in [0.15, 0.2) is 6.10 Å². The minimum Gasteiger partial charge on any atom is -0.462 e. The molecular weight excluding hydrogens is 733 g/mol. The van der Waals surface area contributed by atoms with Crippen LogP contribution in [0, 0.1) is 11.8 Å². The van der Waals surface area contributed by atoms with E-state index in [2.05, 4.69) is 34.6 Å². The van der Waals surface area contributed by atoms with Gasteiger partial charge in [0.25, 0.3) is 0 Å². The highest BCUT2D eigenvalue weighted by Gasteiger charge is 2.19. The summed E-state index contributed by atoms with van der Waals surface area (Å²) in [5.41, 5.74) is 0. The second-order valence-electron chi connectivity index (χ2n) is 19.1. The number of unbranched alkanes of at least 4 members (excludes halogenated alkanes) is 32. The average molecular weight is 835 g/mol. The monoisotopic (exact) mass is 835 g/mol. The topological polar surface area (TPSA) is 78.9 Å². The second-order valence-corrected chi connectivity index (χ2v) is 19.1. The Balaban J connectivity index is 4.31. The van der Waals surface area contributed by atoms with E-state index in [1.807, 2.05) is 0 Å². The van der Waals surface area contributed by atoms with Gasteiger partial charge in [-0.2, -0.15) is 0 Å². The Hall–Kier alpha value is -1.59. The zero-order valence-electron chi connectivity index (χ0n) is 40.4. The molecule has 0 spiro atoms. The van der Waals surface area contributed by atoms with Gasteiger partial charge in [0, 0.05) is 19.3 Å². The zero-order chi connectivity index (χ0) is 43.3. The molecule has 0 saturated heterocycles. The van der Waals surface area contributed by atoms with E-state index < -0.39 is 6.10 Å². The highest BCUT2D eigenvalue weighted by Crippen LogP contribution is 2.17. The average Bonchev–Trinajstić information content (AvgIpc) is 3.20. The summed E-state index contributed by atoms with van der Waals surface area (Å²) >= 11 is 0. The molecule has 0 aliphatic carbocycles. The van der Waals surface area contributed by atoms with Crippen LogP contribution in [0.5, 0.6) is 0 Å². The largest absolute Gasteiger partial charge is 0.462 e. The van der Waals surface area contributed by atoms with Crippen LogP contribution in [-0.4, -0.2) is 37.2 Å². The van der Waals surface area contributed by atoms with Crippen molar-refractivity contribution in [2.75, 3.05) is 13.2 Å². The van der Waals surface area contributed by atoms with Gasteiger partial charge in [-0.05, 0) is 31.1 Å². The second kappa shape index (κ2) is 45.9. The van der Waals surface area contributed by atoms with Gasteiger partial charge < -0.3 is 14.2 Å². The number of hydrogen-bond donors (Lipinski definition) is 0. The smallest absolute Gasteiger partial charge is 0.306 e. The highest BCUT2D eigenvalue weighted by atomic mass is 16.6. The Morgan fingerprint density at radius 3 is 0.831 bits per heavy atom. The van der Waals surface area contributed by atoms with Gasteiger partial charge in [-0.25, -0.2) is 0 Å². The normalized spacial score (nSPS) is 12.1. The lowest BCUT2D eigenvalue weighted by molar-refractivity contribution is -0.167. The first-order valence-corrected chi connectivity index (χ1v) is 26.2. The van der Waals surface area contributed by atoms with Gasteiger partial charge in [-0.1, -0.05) is 253 Å². The van der Waals surface area contributed by atoms with Crippen molar-refractivity contribution in [3.8, 4) is 0 Å². The molecule has 0 fully saturated rings. The Bertz CT molecular complexity index is 900. The predicted molar refractivity (Wildman–Crippen MR) is 252 cm³/mol. The lowest BCUT2D eigenvalue weighted by Gasteiger charge is -2.18. The molecule has 0 rings (SSSR count). The summed E-state index contributed by atoms with van der Waals surface area (Å²) in [5, 5.41) is 0. The van der Waals surface area contributed by atoms with Gasteiger partial charge in [0.05, 0.1) is 0 Å². The van der Waals surface area contributed by atoms with Crippen molar-refractivity contribution in [2.24, 2.45) is 11.8 Å². The summed E-state index contributed by atoms with van der Waals surface area (Å²) in [4.78, 5) is 38.0. The van der Waals surface area contributed by atoms with Gasteiger partial charge in [0.2, 0.25) is 0 Å². The first-order chi connectivity index (χ1) is 28.7. The third-order valence-electron chi connectivity index (χ3n) is 12.0. The van der Waals surface area contributed by atoms with E-state index >= 15 is 0 Å².